The lowest BCUT2D eigenvalue weighted by Gasteiger charge is -2.34. The lowest BCUT2D eigenvalue weighted by atomic mass is 9.85. The van der Waals surface area contributed by atoms with Crippen LogP contribution in [0.5, 0.6) is 0 Å². The summed E-state index contributed by atoms with van der Waals surface area (Å²) in [6.07, 6.45) is 13.3. The molecule has 1 aromatic carbocycles. The minimum Gasteiger partial charge on any atom is -0.376 e. The number of nitrogens with zero attached hydrogens (tertiary/aromatic N) is 3. The summed E-state index contributed by atoms with van der Waals surface area (Å²) < 4.78 is 0. The average Bonchev–Trinajstić information content (AvgIpc) is 3.36. The molecule has 1 aliphatic heterocycles. The van der Waals surface area contributed by atoms with E-state index in [9.17, 15) is 9.59 Å². The standard InChI is InChI=1S/C28H36N6O2/c35-25(33-21-11-8-16-34(18-21)28-23-14-15-29-27(23)31-19-32-28)17-30-24-13-7-6-12-22(24)26(36)20-9-4-2-1-3-5-10-20/h6-7,12-15,19-21,30H,1-5,8-11,16-18H2,(H,33,35)(H,29,31,32)/t21-/m1/s1. The first-order valence-electron chi connectivity index (χ1n) is 13.4. The maximum atomic E-state index is 13.3. The number of aromatic amines is 1. The third kappa shape index (κ3) is 5.69. The number of piperidine rings is 1. The SMILES string of the molecule is O=C(CNc1ccccc1C(=O)C1CCCCCCC1)N[C@@H]1CCCN(c2ncnc3[nH]ccc23)C1. The minimum atomic E-state index is -0.0652. The predicted octanol–water partition coefficient (Wildman–Crippen LogP) is 4.70. The molecular weight excluding hydrogens is 452 g/mol. The lowest BCUT2D eigenvalue weighted by molar-refractivity contribution is -0.120. The number of nitrogens with one attached hydrogen (secondary N) is 3. The number of hydrogen-bond acceptors (Lipinski definition) is 6. The highest BCUT2D eigenvalue weighted by atomic mass is 16.2. The average molecular weight is 489 g/mol. The van der Waals surface area contributed by atoms with Crippen LogP contribution < -0.4 is 15.5 Å². The number of fused-ring (bicyclic) bond motifs is 1. The van der Waals surface area contributed by atoms with Crippen LogP contribution in [0.3, 0.4) is 0 Å². The van der Waals surface area contributed by atoms with E-state index in [-0.39, 0.29) is 30.2 Å². The molecule has 3 aromatic rings. The number of Topliss-reactive ketones (excluding diaryl/α,β-unsaturated/α-hetero) is 1. The molecule has 190 valence electrons. The Balaban J connectivity index is 1.18. The first-order chi connectivity index (χ1) is 17.7. The van der Waals surface area contributed by atoms with Gasteiger partial charge in [0.1, 0.15) is 17.8 Å². The van der Waals surface area contributed by atoms with Gasteiger partial charge < -0.3 is 20.5 Å². The van der Waals surface area contributed by atoms with Gasteiger partial charge in [-0.1, -0.05) is 44.2 Å². The molecule has 1 saturated heterocycles. The molecule has 1 aliphatic carbocycles. The zero-order valence-corrected chi connectivity index (χ0v) is 20.8. The summed E-state index contributed by atoms with van der Waals surface area (Å²) in [6.45, 7) is 1.75. The number of aromatic nitrogens is 3. The molecule has 8 heteroatoms. The van der Waals surface area contributed by atoms with Gasteiger partial charge in [-0.05, 0) is 43.9 Å². The number of H-pyrrole nitrogens is 1. The van der Waals surface area contributed by atoms with Crippen molar-refractivity contribution in [3.8, 4) is 0 Å². The summed E-state index contributed by atoms with van der Waals surface area (Å²) in [4.78, 5) is 40.3. The molecule has 2 aliphatic rings. The molecule has 2 aromatic heterocycles. The Morgan fingerprint density at radius 1 is 0.972 bits per heavy atom. The molecule has 8 nitrogen and oxygen atoms in total. The van der Waals surface area contributed by atoms with Crippen LogP contribution in [0.2, 0.25) is 0 Å². The summed E-state index contributed by atoms with van der Waals surface area (Å²) in [5.41, 5.74) is 2.28. The normalized spacial score (nSPS) is 19.4. The summed E-state index contributed by atoms with van der Waals surface area (Å²) in [6, 6.07) is 9.66. The summed E-state index contributed by atoms with van der Waals surface area (Å²) in [5, 5.41) is 7.42. The number of carbonyl (C=O) groups excluding carboxylic acids is 2. The van der Waals surface area contributed by atoms with Gasteiger partial charge in [-0.3, -0.25) is 9.59 Å². The molecule has 3 N–H and O–H groups in total. The number of ketones is 1. The highest BCUT2D eigenvalue weighted by Gasteiger charge is 2.25. The van der Waals surface area contributed by atoms with E-state index in [1.807, 2.05) is 36.5 Å². The van der Waals surface area contributed by atoms with Crippen LogP contribution in [0.15, 0.2) is 42.9 Å². The van der Waals surface area contributed by atoms with Crippen LogP contribution in [0.25, 0.3) is 11.0 Å². The van der Waals surface area contributed by atoms with Crippen LogP contribution in [0, 0.1) is 5.92 Å². The Hall–Kier alpha value is -3.42. The van der Waals surface area contributed by atoms with Gasteiger partial charge in [0.15, 0.2) is 5.78 Å². The molecule has 5 rings (SSSR count). The van der Waals surface area contributed by atoms with E-state index in [4.69, 9.17) is 0 Å². The molecule has 2 fully saturated rings. The number of para-hydroxylation sites is 1. The Labute approximate surface area is 212 Å². The van der Waals surface area contributed by atoms with Crippen LogP contribution in [0.1, 0.15) is 68.1 Å². The highest BCUT2D eigenvalue weighted by molar-refractivity contribution is 6.03. The van der Waals surface area contributed by atoms with Crippen LogP contribution in [-0.4, -0.2) is 52.3 Å². The zero-order valence-electron chi connectivity index (χ0n) is 20.8. The van der Waals surface area contributed by atoms with E-state index < -0.39 is 0 Å². The Kier molecular flexibility index (Phi) is 7.79. The smallest absolute Gasteiger partial charge is 0.239 e. The van der Waals surface area contributed by atoms with E-state index in [0.717, 1.165) is 67.6 Å². The molecule has 3 heterocycles. The number of carbonyl (C=O) groups is 2. The van der Waals surface area contributed by atoms with Gasteiger partial charge in [0.25, 0.3) is 0 Å². The van der Waals surface area contributed by atoms with Crippen LogP contribution in [0.4, 0.5) is 11.5 Å². The van der Waals surface area contributed by atoms with Crippen LogP contribution >= 0.6 is 0 Å². The van der Waals surface area contributed by atoms with E-state index in [0.29, 0.717) is 12.1 Å². The van der Waals surface area contributed by atoms with Crippen molar-refractivity contribution in [2.75, 3.05) is 29.9 Å². The zero-order chi connectivity index (χ0) is 24.7. The molecular formula is C28H36N6O2. The second kappa shape index (κ2) is 11.5. The first kappa shape index (κ1) is 24.3. The van der Waals surface area contributed by atoms with Gasteiger partial charge in [0.05, 0.1) is 11.9 Å². The minimum absolute atomic E-state index is 0.0452. The number of amides is 1. The first-order valence-corrected chi connectivity index (χ1v) is 13.4. The quantitative estimate of drug-likeness (QED) is 0.417. The Morgan fingerprint density at radius 3 is 2.64 bits per heavy atom. The molecule has 0 radical (unpaired) electrons. The van der Waals surface area contributed by atoms with E-state index in [1.54, 1.807) is 6.33 Å². The Bertz CT molecular complexity index is 1180. The van der Waals surface area contributed by atoms with Crippen molar-refractivity contribution in [3.05, 3.63) is 48.4 Å². The van der Waals surface area contributed by atoms with Crippen molar-refractivity contribution in [1.29, 1.82) is 0 Å². The number of anilines is 2. The third-order valence-corrected chi connectivity index (χ3v) is 7.53. The lowest BCUT2D eigenvalue weighted by Crippen LogP contribution is -2.49. The van der Waals surface area contributed by atoms with Crippen molar-refractivity contribution < 1.29 is 9.59 Å². The van der Waals surface area contributed by atoms with Gasteiger partial charge in [0.2, 0.25) is 5.91 Å². The van der Waals surface area contributed by atoms with Crippen LogP contribution in [-0.2, 0) is 4.79 Å². The summed E-state index contributed by atoms with van der Waals surface area (Å²) in [5.74, 6) is 1.14. The second-order valence-electron chi connectivity index (χ2n) is 10.1. The van der Waals surface area contributed by atoms with Gasteiger partial charge in [0, 0.05) is 42.5 Å². The van der Waals surface area contributed by atoms with E-state index in [1.165, 1.54) is 19.3 Å². The summed E-state index contributed by atoms with van der Waals surface area (Å²) >= 11 is 0. The van der Waals surface area contributed by atoms with Gasteiger partial charge in [-0.15, -0.1) is 0 Å². The maximum absolute atomic E-state index is 13.3. The molecule has 1 atom stereocenters. The predicted molar refractivity (Wildman–Crippen MR) is 142 cm³/mol. The number of hydrogen-bond donors (Lipinski definition) is 3. The highest BCUT2D eigenvalue weighted by Crippen LogP contribution is 2.28. The monoisotopic (exact) mass is 488 g/mol. The van der Waals surface area contributed by atoms with Gasteiger partial charge in [-0.25, -0.2) is 9.97 Å². The van der Waals surface area contributed by atoms with Crippen molar-refractivity contribution in [3.63, 3.8) is 0 Å². The van der Waals surface area contributed by atoms with Gasteiger partial charge in [-0.2, -0.15) is 0 Å². The molecule has 1 saturated carbocycles. The third-order valence-electron chi connectivity index (χ3n) is 7.53. The number of benzene rings is 1. The van der Waals surface area contributed by atoms with E-state index in [2.05, 4.69) is 30.5 Å². The second-order valence-corrected chi connectivity index (χ2v) is 10.1. The van der Waals surface area contributed by atoms with Crippen molar-refractivity contribution in [2.45, 2.75) is 63.8 Å². The molecule has 0 spiro atoms. The van der Waals surface area contributed by atoms with Crippen molar-refractivity contribution in [1.82, 2.24) is 20.3 Å². The molecule has 0 unspecified atom stereocenters. The Morgan fingerprint density at radius 2 is 1.78 bits per heavy atom. The molecule has 36 heavy (non-hydrogen) atoms. The van der Waals surface area contributed by atoms with Crippen molar-refractivity contribution >= 4 is 34.2 Å². The molecule has 1 amide bonds. The topological polar surface area (TPSA) is 103 Å². The maximum Gasteiger partial charge on any atom is 0.239 e. The fourth-order valence-corrected chi connectivity index (χ4v) is 5.64. The fourth-order valence-electron chi connectivity index (χ4n) is 5.64. The van der Waals surface area contributed by atoms with Gasteiger partial charge >= 0.3 is 0 Å². The summed E-state index contributed by atoms with van der Waals surface area (Å²) in [7, 11) is 0. The van der Waals surface area contributed by atoms with Crippen molar-refractivity contribution in [2.24, 2.45) is 5.92 Å². The fraction of sp³-hybridized carbons (Fsp3) is 0.500. The number of rotatable bonds is 7. The largest absolute Gasteiger partial charge is 0.376 e. The van der Waals surface area contributed by atoms with E-state index >= 15 is 0 Å². The molecule has 0 bridgehead atoms.